The fraction of sp³-hybridized carbons (Fsp3) is 1.00. The molecule has 0 amide bonds. The van der Waals surface area contributed by atoms with Crippen molar-refractivity contribution in [1.29, 1.82) is 0 Å². The maximum absolute atomic E-state index is 6.16. The predicted molar refractivity (Wildman–Crippen MR) is 60.5 cm³/mol. The molecule has 0 aromatic heterocycles. The summed E-state index contributed by atoms with van der Waals surface area (Å²) in [5, 5.41) is 0. The molecular formula is C11H20BNO3. The molecular weight excluding hydrogens is 205 g/mol. The van der Waals surface area contributed by atoms with Crippen molar-refractivity contribution in [1.82, 2.24) is 0 Å². The van der Waals surface area contributed by atoms with E-state index in [0.717, 1.165) is 12.3 Å². The van der Waals surface area contributed by atoms with Gasteiger partial charge in [0.1, 0.15) is 0 Å². The molecule has 2 bridgehead atoms. The van der Waals surface area contributed by atoms with Crippen LogP contribution in [0.15, 0.2) is 0 Å². The van der Waals surface area contributed by atoms with Gasteiger partial charge in [-0.3, -0.25) is 0 Å². The minimum atomic E-state index is -0.482. The molecule has 3 aliphatic carbocycles. The molecule has 0 unspecified atom stereocenters. The molecule has 4 rings (SSSR count). The minimum absolute atomic E-state index is 0.100. The Morgan fingerprint density at radius 1 is 1.25 bits per heavy atom. The first kappa shape index (κ1) is 11.0. The second-order valence-electron chi connectivity index (χ2n) is 5.89. The van der Waals surface area contributed by atoms with Crippen molar-refractivity contribution in [2.75, 3.05) is 13.2 Å². The first-order valence-corrected chi connectivity index (χ1v) is 6.23. The zero-order chi connectivity index (χ0) is 11.3. The highest BCUT2D eigenvalue weighted by Gasteiger charge is 2.58. The van der Waals surface area contributed by atoms with Crippen LogP contribution >= 0.6 is 0 Å². The third-order valence-electron chi connectivity index (χ3n) is 4.78. The van der Waals surface area contributed by atoms with Gasteiger partial charge in [-0.25, -0.2) is 0 Å². The molecule has 1 aliphatic heterocycles. The number of fused-ring (bicyclic) bond motifs is 2. The first-order chi connectivity index (χ1) is 7.59. The summed E-state index contributed by atoms with van der Waals surface area (Å²) in [6.45, 7) is 5.90. The lowest BCUT2D eigenvalue weighted by Gasteiger charge is -2.61. The van der Waals surface area contributed by atoms with E-state index in [0.29, 0.717) is 24.5 Å². The Labute approximate surface area is 97.0 Å². The lowest BCUT2D eigenvalue weighted by atomic mass is 9.47. The second-order valence-corrected chi connectivity index (χ2v) is 5.89. The Kier molecular flexibility index (Phi) is 2.55. The van der Waals surface area contributed by atoms with Gasteiger partial charge in [0.05, 0.1) is 19.3 Å². The lowest BCUT2D eigenvalue weighted by molar-refractivity contribution is -0.148. The van der Waals surface area contributed by atoms with Gasteiger partial charge in [0.25, 0.3) is 0 Å². The van der Waals surface area contributed by atoms with Crippen LogP contribution in [0.3, 0.4) is 0 Å². The molecule has 4 fully saturated rings. The maximum Gasteiger partial charge on any atom is 0.639 e. The summed E-state index contributed by atoms with van der Waals surface area (Å²) in [6.07, 6.45) is 2.42. The van der Waals surface area contributed by atoms with E-state index >= 15 is 0 Å². The monoisotopic (exact) mass is 225 g/mol. The quantitative estimate of drug-likeness (QED) is 0.706. The van der Waals surface area contributed by atoms with Gasteiger partial charge >= 0.3 is 7.32 Å². The third-order valence-corrected chi connectivity index (χ3v) is 4.78. The summed E-state index contributed by atoms with van der Waals surface area (Å²) in [4.78, 5) is 0. The smallest absolute Gasteiger partial charge is 0.384 e. The van der Waals surface area contributed by atoms with E-state index in [4.69, 9.17) is 19.7 Å². The van der Waals surface area contributed by atoms with Crippen molar-refractivity contribution in [2.45, 2.75) is 38.8 Å². The van der Waals surface area contributed by atoms with Gasteiger partial charge in [0, 0.05) is 6.04 Å². The average molecular weight is 225 g/mol. The zero-order valence-electron chi connectivity index (χ0n) is 10.0. The van der Waals surface area contributed by atoms with Gasteiger partial charge in [-0.15, -0.1) is 0 Å². The van der Waals surface area contributed by atoms with E-state index in [-0.39, 0.29) is 12.1 Å². The molecule has 90 valence electrons. The highest BCUT2D eigenvalue weighted by atomic mass is 16.8. The normalized spacial score (nSPS) is 45.6. The maximum atomic E-state index is 6.16. The number of nitrogens with two attached hydrogens (primary N) is 1. The Hall–Kier alpha value is -0.0951. The van der Waals surface area contributed by atoms with Crippen LogP contribution in [0, 0.1) is 17.3 Å². The third kappa shape index (κ3) is 1.53. The van der Waals surface area contributed by atoms with Gasteiger partial charge in [-0.05, 0) is 30.1 Å². The van der Waals surface area contributed by atoms with Crippen LogP contribution < -0.4 is 5.73 Å². The van der Waals surface area contributed by atoms with Gasteiger partial charge in [-0.1, -0.05) is 13.8 Å². The number of rotatable bonds is 2. The molecule has 0 aromatic carbocycles. The average Bonchev–Trinajstić information content (AvgIpc) is 2.73. The van der Waals surface area contributed by atoms with Crippen LogP contribution in [0.25, 0.3) is 0 Å². The van der Waals surface area contributed by atoms with Crippen LogP contribution in [-0.4, -0.2) is 32.7 Å². The Balaban J connectivity index is 1.68. The molecule has 1 heterocycles. The van der Waals surface area contributed by atoms with Crippen LogP contribution in [0.4, 0.5) is 0 Å². The molecule has 0 radical (unpaired) electrons. The largest absolute Gasteiger partial charge is 0.639 e. The topological polar surface area (TPSA) is 53.7 Å². The predicted octanol–water partition coefficient (Wildman–Crippen LogP) is 0.797. The van der Waals surface area contributed by atoms with E-state index in [1.165, 1.54) is 6.42 Å². The molecule has 2 N–H and O–H groups in total. The highest BCUT2D eigenvalue weighted by molar-refractivity contribution is 6.37. The molecule has 5 heteroatoms. The van der Waals surface area contributed by atoms with Crippen LogP contribution in [0.5, 0.6) is 0 Å². The van der Waals surface area contributed by atoms with Crippen molar-refractivity contribution >= 4 is 7.32 Å². The molecule has 0 spiro atoms. The standard InChI is InChI=1S/C11H20BNO3/c1-11(2)7-5-8(11)10(9(13)6-7)16-12-14-3-4-15-12/h7-10H,3-6,13H2,1-2H3/t7-,8+,9-,10+/m1/s1. The molecule has 4 aliphatic rings. The summed E-state index contributed by atoms with van der Waals surface area (Å²) in [5.41, 5.74) is 6.54. The van der Waals surface area contributed by atoms with Crippen molar-refractivity contribution in [2.24, 2.45) is 23.0 Å². The zero-order valence-corrected chi connectivity index (χ0v) is 10.0. The Morgan fingerprint density at radius 2 is 1.94 bits per heavy atom. The lowest BCUT2D eigenvalue weighted by Crippen LogP contribution is -2.64. The first-order valence-electron chi connectivity index (χ1n) is 6.23. The van der Waals surface area contributed by atoms with Crippen molar-refractivity contribution in [3.8, 4) is 0 Å². The van der Waals surface area contributed by atoms with Crippen molar-refractivity contribution in [3.63, 3.8) is 0 Å². The summed E-state index contributed by atoms with van der Waals surface area (Å²) < 4.78 is 16.6. The van der Waals surface area contributed by atoms with Gasteiger partial charge in [0.15, 0.2) is 0 Å². The van der Waals surface area contributed by atoms with Crippen LogP contribution in [0.2, 0.25) is 0 Å². The molecule has 0 aromatic rings. The number of hydrogen-bond donors (Lipinski definition) is 1. The second kappa shape index (κ2) is 3.70. The van der Waals surface area contributed by atoms with Crippen LogP contribution in [0.1, 0.15) is 26.7 Å². The van der Waals surface area contributed by atoms with Gasteiger partial charge in [0.2, 0.25) is 0 Å². The number of hydrogen-bond acceptors (Lipinski definition) is 4. The van der Waals surface area contributed by atoms with Gasteiger partial charge in [-0.2, -0.15) is 0 Å². The fourth-order valence-electron chi connectivity index (χ4n) is 3.51. The van der Waals surface area contributed by atoms with Crippen molar-refractivity contribution < 1.29 is 14.0 Å². The summed E-state index contributed by atoms with van der Waals surface area (Å²) in [5.74, 6) is 1.34. The summed E-state index contributed by atoms with van der Waals surface area (Å²) >= 11 is 0. The molecule has 4 atom stereocenters. The molecule has 16 heavy (non-hydrogen) atoms. The summed E-state index contributed by atoms with van der Waals surface area (Å²) in [7, 11) is -0.482. The molecule has 1 saturated heterocycles. The fourth-order valence-corrected chi connectivity index (χ4v) is 3.51. The van der Waals surface area contributed by atoms with E-state index < -0.39 is 7.32 Å². The molecule has 3 saturated carbocycles. The van der Waals surface area contributed by atoms with Crippen molar-refractivity contribution in [3.05, 3.63) is 0 Å². The Bertz CT molecular complexity index is 280. The van der Waals surface area contributed by atoms with E-state index in [1.54, 1.807) is 0 Å². The minimum Gasteiger partial charge on any atom is -0.384 e. The Morgan fingerprint density at radius 3 is 2.56 bits per heavy atom. The van der Waals surface area contributed by atoms with E-state index in [2.05, 4.69) is 13.8 Å². The summed E-state index contributed by atoms with van der Waals surface area (Å²) in [6, 6.07) is 0.143. The highest BCUT2D eigenvalue weighted by Crippen LogP contribution is 2.59. The molecule has 4 nitrogen and oxygen atoms in total. The van der Waals surface area contributed by atoms with Gasteiger partial charge < -0.3 is 19.7 Å². The van der Waals surface area contributed by atoms with Crippen LogP contribution in [-0.2, 0) is 14.0 Å². The van der Waals surface area contributed by atoms with E-state index in [1.807, 2.05) is 0 Å². The van der Waals surface area contributed by atoms with E-state index in [9.17, 15) is 0 Å². The SMILES string of the molecule is CC1(C)[C@H]2C[C@@H](N)[C@@H](OB3OCCO3)[C@@H]1C2.